The second kappa shape index (κ2) is 6.67. The van der Waals surface area contributed by atoms with Crippen molar-refractivity contribution in [2.75, 3.05) is 19.0 Å². The summed E-state index contributed by atoms with van der Waals surface area (Å²) in [6.07, 6.45) is 0.518. The molecule has 2 aromatic rings. The van der Waals surface area contributed by atoms with Crippen molar-refractivity contribution in [3.8, 4) is 0 Å². The monoisotopic (exact) mass is 338 g/mol. The van der Waals surface area contributed by atoms with E-state index in [1.54, 1.807) is 25.1 Å². The first-order valence-electron chi connectivity index (χ1n) is 7.35. The van der Waals surface area contributed by atoms with Crippen LogP contribution in [0.3, 0.4) is 0 Å². The molecule has 0 amide bonds. The van der Waals surface area contributed by atoms with Crippen molar-refractivity contribution in [1.82, 2.24) is 14.9 Å². The van der Waals surface area contributed by atoms with E-state index in [4.69, 9.17) is 4.52 Å². The van der Waals surface area contributed by atoms with Gasteiger partial charge in [0.2, 0.25) is 15.9 Å². The summed E-state index contributed by atoms with van der Waals surface area (Å²) < 4.78 is 32.9. The quantitative estimate of drug-likeness (QED) is 0.868. The second-order valence-corrected chi connectivity index (χ2v) is 7.31. The molecule has 0 aliphatic heterocycles. The van der Waals surface area contributed by atoms with Crippen LogP contribution in [0.2, 0.25) is 0 Å². The van der Waals surface area contributed by atoms with Gasteiger partial charge in [-0.2, -0.15) is 4.98 Å². The third kappa shape index (κ3) is 3.89. The zero-order valence-electron chi connectivity index (χ0n) is 14.0. The maximum absolute atomic E-state index is 12.7. The average molecular weight is 338 g/mol. The van der Waals surface area contributed by atoms with Crippen LogP contribution in [0.1, 0.15) is 36.7 Å². The second-order valence-electron chi connectivity index (χ2n) is 5.60. The SMILES string of the molecule is CCC(NS(=O)(=O)c1ccc(C)c(N(C)C)c1)c1noc(C)n1. The summed E-state index contributed by atoms with van der Waals surface area (Å²) in [5, 5.41) is 3.80. The number of nitrogens with zero attached hydrogens (tertiary/aromatic N) is 3. The molecule has 0 aliphatic rings. The van der Waals surface area contributed by atoms with Gasteiger partial charge in [0.1, 0.15) is 0 Å². The van der Waals surface area contributed by atoms with Crippen LogP contribution in [-0.2, 0) is 10.0 Å². The number of aromatic nitrogens is 2. The molecule has 0 bridgehead atoms. The van der Waals surface area contributed by atoms with Gasteiger partial charge in [-0.25, -0.2) is 13.1 Å². The number of aryl methyl sites for hydroxylation is 2. The molecular formula is C15H22N4O3S. The Morgan fingerprint density at radius 1 is 1.30 bits per heavy atom. The predicted octanol–water partition coefficient (Wildman–Crippen LogP) is 2.18. The summed E-state index contributed by atoms with van der Waals surface area (Å²) in [5.74, 6) is 0.747. The van der Waals surface area contributed by atoms with Crippen molar-refractivity contribution < 1.29 is 12.9 Å². The molecular weight excluding hydrogens is 316 g/mol. The normalized spacial score (nSPS) is 13.1. The maximum atomic E-state index is 12.7. The van der Waals surface area contributed by atoms with E-state index in [0.717, 1.165) is 11.3 Å². The highest BCUT2D eigenvalue weighted by atomic mass is 32.2. The topological polar surface area (TPSA) is 88.3 Å². The Hall–Kier alpha value is -1.93. The Labute approximate surface area is 136 Å². The summed E-state index contributed by atoms with van der Waals surface area (Å²) in [4.78, 5) is 6.20. The van der Waals surface area contributed by atoms with Gasteiger partial charge in [-0.05, 0) is 31.0 Å². The first-order chi connectivity index (χ1) is 10.7. The maximum Gasteiger partial charge on any atom is 0.241 e. The number of sulfonamides is 1. The molecule has 23 heavy (non-hydrogen) atoms. The summed E-state index contributed by atoms with van der Waals surface area (Å²) in [7, 11) is 0.0745. The molecule has 2 rings (SSSR count). The fourth-order valence-corrected chi connectivity index (χ4v) is 3.57. The van der Waals surface area contributed by atoms with Crippen LogP contribution in [0.25, 0.3) is 0 Å². The van der Waals surface area contributed by atoms with E-state index < -0.39 is 16.1 Å². The highest BCUT2D eigenvalue weighted by Gasteiger charge is 2.24. The van der Waals surface area contributed by atoms with Crippen molar-refractivity contribution in [2.24, 2.45) is 0 Å². The number of anilines is 1. The van der Waals surface area contributed by atoms with E-state index >= 15 is 0 Å². The van der Waals surface area contributed by atoms with E-state index in [1.165, 1.54) is 0 Å². The molecule has 0 spiro atoms. The molecule has 0 saturated heterocycles. The van der Waals surface area contributed by atoms with Crippen molar-refractivity contribution >= 4 is 15.7 Å². The lowest BCUT2D eigenvalue weighted by Crippen LogP contribution is -2.29. The van der Waals surface area contributed by atoms with E-state index in [-0.39, 0.29) is 4.90 Å². The van der Waals surface area contributed by atoms with Gasteiger partial charge in [0.05, 0.1) is 10.9 Å². The van der Waals surface area contributed by atoms with Crippen LogP contribution >= 0.6 is 0 Å². The van der Waals surface area contributed by atoms with E-state index in [2.05, 4.69) is 14.9 Å². The Balaban J connectivity index is 2.32. The lowest BCUT2D eigenvalue weighted by molar-refractivity contribution is 0.380. The van der Waals surface area contributed by atoms with Gasteiger partial charge in [-0.15, -0.1) is 0 Å². The summed E-state index contributed by atoms with van der Waals surface area (Å²) >= 11 is 0. The highest BCUT2D eigenvalue weighted by molar-refractivity contribution is 7.89. The van der Waals surface area contributed by atoms with Gasteiger partial charge in [-0.1, -0.05) is 18.1 Å². The first kappa shape index (κ1) is 17.4. The van der Waals surface area contributed by atoms with Crippen molar-refractivity contribution in [2.45, 2.75) is 38.1 Å². The average Bonchev–Trinajstić information content (AvgIpc) is 2.91. The molecule has 1 aromatic heterocycles. The van der Waals surface area contributed by atoms with Crippen LogP contribution in [0.5, 0.6) is 0 Å². The van der Waals surface area contributed by atoms with Gasteiger partial charge in [0, 0.05) is 26.7 Å². The van der Waals surface area contributed by atoms with Gasteiger partial charge >= 0.3 is 0 Å². The molecule has 0 saturated carbocycles. The Bertz CT molecular complexity index is 784. The molecule has 7 nitrogen and oxygen atoms in total. The summed E-state index contributed by atoms with van der Waals surface area (Å²) in [5.41, 5.74) is 1.87. The van der Waals surface area contributed by atoms with E-state index in [9.17, 15) is 8.42 Å². The molecule has 126 valence electrons. The molecule has 1 heterocycles. The minimum Gasteiger partial charge on any atom is -0.377 e. The molecule has 8 heteroatoms. The largest absolute Gasteiger partial charge is 0.377 e. The van der Waals surface area contributed by atoms with Crippen LogP contribution < -0.4 is 9.62 Å². The van der Waals surface area contributed by atoms with Crippen LogP contribution in [0, 0.1) is 13.8 Å². The first-order valence-corrected chi connectivity index (χ1v) is 8.83. The highest BCUT2D eigenvalue weighted by Crippen LogP contribution is 2.24. The molecule has 1 unspecified atom stereocenters. The molecule has 0 fully saturated rings. The molecule has 0 radical (unpaired) electrons. The third-order valence-corrected chi connectivity index (χ3v) is 5.00. The molecule has 1 aromatic carbocycles. The Morgan fingerprint density at radius 2 is 2.00 bits per heavy atom. The number of benzene rings is 1. The molecule has 0 aliphatic carbocycles. The van der Waals surface area contributed by atoms with Gasteiger partial charge in [-0.3, -0.25) is 0 Å². The van der Waals surface area contributed by atoms with Gasteiger partial charge in [0.25, 0.3) is 0 Å². The molecule has 1 N–H and O–H groups in total. The van der Waals surface area contributed by atoms with Crippen LogP contribution in [0.4, 0.5) is 5.69 Å². The fourth-order valence-electron chi connectivity index (χ4n) is 2.27. The van der Waals surface area contributed by atoms with Crippen LogP contribution in [-0.4, -0.2) is 32.7 Å². The van der Waals surface area contributed by atoms with E-state index in [0.29, 0.717) is 18.1 Å². The smallest absolute Gasteiger partial charge is 0.241 e. The van der Waals surface area contributed by atoms with Crippen LogP contribution in [0.15, 0.2) is 27.6 Å². The Morgan fingerprint density at radius 3 is 2.52 bits per heavy atom. The lowest BCUT2D eigenvalue weighted by atomic mass is 10.2. The molecule has 1 atom stereocenters. The fraction of sp³-hybridized carbons (Fsp3) is 0.467. The van der Waals surface area contributed by atoms with Crippen molar-refractivity contribution in [3.63, 3.8) is 0 Å². The van der Waals surface area contributed by atoms with Crippen molar-refractivity contribution in [1.29, 1.82) is 0 Å². The standard InChI is InChI=1S/C15H22N4O3S/c1-6-13(15-16-11(3)22-17-15)18-23(20,21)12-8-7-10(2)14(9-12)19(4)5/h7-9,13,18H,6H2,1-5H3. The zero-order chi connectivity index (χ0) is 17.2. The number of hydrogen-bond donors (Lipinski definition) is 1. The van der Waals surface area contributed by atoms with Gasteiger partial charge < -0.3 is 9.42 Å². The Kier molecular flexibility index (Phi) is 5.06. The number of nitrogens with one attached hydrogen (secondary N) is 1. The minimum absolute atomic E-state index is 0.213. The predicted molar refractivity (Wildman–Crippen MR) is 87.9 cm³/mol. The third-order valence-electron chi connectivity index (χ3n) is 3.53. The summed E-state index contributed by atoms with van der Waals surface area (Å²) in [6, 6.07) is 4.52. The zero-order valence-corrected chi connectivity index (χ0v) is 14.8. The van der Waals surface area contributed by atoms with E-state index in [1.807, 2.05) is 32.8 Å². The van der Waals surface area contributed by atoms with Gasteiger partial charge in [0.15, 0.2) is 5.82 Å². The number of hydrogen-bond acceptors (Lipinski definition) is 6. The van der Waals surface area contributed by atoms with Crippen molar-refractivity contribution in [3.05, 3.63) is 35.5 Å². The number of rotatable bonds is 6. The summed E-state index contributed by atoms with van der Waals surface area (Å²) in [6.45, 7) is 5.47. The lowest BCUT2D eigenvalue weighted by Gasteiger charge is -2.18. The minimum atomic E-state index is -3.68.